The summed E-state index contributed by atoms with van der Waals surface area (Å²) in [6.07, 6.45) is 0. The summed E-state index contributed by atoms with van der Waals surface area (Å²) in [7, 11) is 0. The fraction of sp³-hybridized carbons (Fsp3) is 0.167. The standard InChI is InChI=1S/C12H12S/c1-8-7-9(2)12(13)11-6-4-3-5-10(8)11/h3-7,13H,1-2H3. The van der Waals surface area contributed by atoms with Crippen LogP contribution in [0.3, 0.4) is 0 Å². The van der Waals surface area contributed by atoms with Crippen molar-refractivity contribution in [1.29, 1.82) is 0 Å². The van der Waals surface area contributed by atoms with Crippen molar-refractivity contribution in [2.45, 2.75) is 18.7 Å². The van der Waals surface area contributed by atoms with Crippen molar-refractivity contribution >= 4 is 23.4 Å². The number of hydrogen-bond acceptors (Lipinski definition) is 1. The molecule has 2 aromatic carbocycles. The van der Waals surface area contributed by atoms with E-state index in [4.69, 9.17) is 0 Å². The topological polar surface area (TPSA) is 0 Å². The zero-order valence-corrected chi connectivity index (χ0v) is 8.73. The summed E-state index contributed by atoms with van der Waals surface area (Å²) in [6.45, 7) is 4.24. The minimum atomic E-state index is 1.10. The molecule has 0 nitrogen and oxygen atoms in total. The third kappa shape index (κ3) is 1.33. The Morgan fingerprint density at radius 3 is 2.23 bits per heavy atom. The minimum Gasteiger partial charge on any atom is -0.143 e. The van der Waals surface area contributed by atoms with Crippen LogP contribution < -0.4 is 0 Å². The molecule has 0 fully saturated rings. The second kappa shape index (κ2) is 3.08. The van der Waals surface area contributed by atoms with Gasteiger partial charge in [-0.2, -0.15) is 0 Å². The van der Waals surface area contributed by atoms with Crippen LogP contribution in [0.15, 0.2) is 35.2 Å². The van der Waals surface area contributed by atoms with Gasteiger partial charge < -0.3 is 0 Å². The summed E-state index contributed by atoms with van der Waals surface area (Å²) in [5.74, 6) is 0. The lowest BCUT2D eigenvalue weighted by molar-refractivity contribution is 1.32. The van der Waals surface area contributed by atoms with E-state index in [1.54, 1.807) is 0 Å². The normalized spacial score (nSPS) is 10.7. The maximum Gasteiger partial charge on any atom is 0.0148 e. The predicted octanol–water partition coefficient (Wildman–Crippen LogP) is 3.75. The highest BCUT2D eigenvalue weighted by Gasteiger charge is 2.02. The zero-order chi connectivity index (χ0) is 9.42. The monoisotopic (exact) mass is 188 g/mol. The van der Waals surface area contributed by atoms with Gasteiger partial charge in [-0.05, 0) is 35.7 Å². The summed E-state index contributed by atoms with van der Waals surface area (Å²) in [6, 6.07) is 10.6. The lowest BCUT2D eigenvalue weighted by Crippen LogP contribution is -1.84. The Morgan fingerprint density at radius 1 is 0.923 bits per heavy atom. The SMILES string of the molecule is Cc1cc(C)c2ccccc2c1S. The van der Waals surface area contributed by atoms with E-state index in [1.165, 1.54) is 21.9 Å². The zero-order valence-electron chi connectivity index (χ0n) is 7.83. The van der Waals surface area contributed by atoms with Crippen LogP contribution in [0.25, 0.3) is 10.8 Å². The molecule has 0 aliphatic heterocycles. The number of fused-ring (bicyclic) bond motifs is 1. The number of aryl methyl sites for hydroxylation is 2. The van der Waals surface area contributed by atoms with Gasteiger partial charge >= 0.3 is 0 Å². The van der Waals surface area contributed by atoms with E-state index in [-0.39, 0.29) is 0 Å². The Labute approximate surface area is 84.0 Å². The van der Waals surface area contributed by atoms with Gasteiger partial charge in [0.05, 0.1) is 0 Å². The predicted molar refractivity (Wildman–Crippen MR) is 60.7 cm³/mol. The third-order valence-corrected chi connectivity index (χ3v) is 3.01. The van der Waals surface area contributed by atoms with Gasteiger partial charge in [-0.3, -0.25) is 0 Å². The second-order valence-electron chi connectivity index (χ2n) is 3.40. The molecule has 0 saturated carbocycles. The number of thiol groups is 1. The Morgan fingerprint density at radius 2 is 1.54 bits per heavy atom. The van der Waals surface area contributed by atoms with Crippen LogP contribution in [0.1, 0.15) is 11.1 Å². The van der Waals surface area contributed by atoms with E-state index in [0.29, 0.717) is 0 Å². The smallest absolute Gasteiger partial charge is 0.0148 e. The van der Waals surface area contributed by atoms with E-state index >= 15 is 0 Å². The molecule has 0 atom stereocenters. The van der Waals surface area contributed by atoms with Crippen LogP contribution in [0.2, 0.25) is 0 Å². The van der Waals surface area contributed by atoms with Crippen molar-refractivity contribution < 1.29 is 0 Å². The second-order valence-corrected chi connectivity index (χ2v) is 3.85. The van der Waals surface area contributed by atoms with Crippen molar-refractivity contribution in [2.24, 2.45) is 0 Å². The molecule has 0 unspecified atom stereocenters. The van der Waals surface area contributed by atoms with Crippen molar-refractivity contribution in [3.8, 4) is 0 Å². The summed E-state index contributed by atoms with van der Waals surface area (Å²) in [5.41, 5.74) is 2.57. The van der Waals surface area contributed by atoms with Crippen LogP contribution in [0.4, 0.5) is 0 Å². The van der Waals surface area contributed by atoms with E-state index in [0.717, 1.165) is 4.90 Å². The van der Waals surface area contributed by atoms with Crippen molar-refractivity contribution in [1.82, 2.24) is 0 Å². The van der Waals surface area contributed by atoms with Gasteiger partial charge in [0, 0.05) is 4.90 Å². The Hall–Kier alpha value is -0.950. The molecule has 1 heteroatoms. The summed E-state index contributed by atoms with van der Waals surface area (Å²) < 4.78 is 0. The molecular formula is C12H12S. The molecule has 0 aliphatic rings. The number of hydrogen-bond donors (Lipinski definition) is 1. The lowest BCUT2D eigenvalue weighted by atomic mass is 10.0. The summed E-state index contributed by atoms with van der Waals surface area (Å²) >= 11 is 4.51. The first-order valence-corrected chi connectivity index (χ1v) is 4.83. The molecule has 0 aliphatic carbocycles. The third-order valence-electron chi connectivity index (χ3n) is 2.41. The molecule has 13 heavy (non-hydrogen) atoms. The van der Waals surface area contributed by atoms with Crippen LogP contribution >= 0.6 is 12.6 Å². The molecule has 66 valence electrons. The first-order valence-electron chi connectivity index (χ1n) is 4.38. The Balaban J connectivity index is 2.97. The maximum atomic E-state index is 4.51. The van der Waals surface area contributed by atoms with E-state index in [1.807, 2.05) is 0 Å². The van der Waals surface area contributed by atoms with Gasteiger partial charge in [-0.25, -0.2) is 0 Å². The fourth-order valence-corrected chi connectivity index (χ4v) is 1.98. The Kier molecular flexibility index (Phi) is 2.04. The van der Waals surface area contributed by atoms with Crippen LogP contribution in [-0.4, -0.2) is 0 Å². The molecule has 0 heterocycles. The van der Waals surface area contributed by atoms with Gasteiger partial charge in [0.2, 0.25) is 0 Å². The van der Waals surface area contributed by atoms with Crippen LogP contribution in [0.5, 0.6) is 0 Å². The van der Waals surface area contributed by atoms with Gasteiger partial charge in [0.1, 0.15) is 0 Å². The number of rotatable bonds is 0. The minimum absolute atomic E-state index is 1.10. The average Bonchev–Trinajstić information content (AvgIpc) is 2.15. The first-order chi connectivity index (χ1) is 6.20. The van der Waals surface area contributed by atoms with E-state index < -0.39 is 0 Å². The maximum absolute atomic E-state index is 4.51. The molecule has 0 bridgehead atoms. The highest BCUT2D eigenvalue weighted by Crippen LogP contribution is 2.27. The van der Waals surface area contributed by atoms with Crippen molar-refractivity contribution in [2.75, 3.05) is 0 Å². The molecule has 2 rings (SSSR count). The molecule has 0 saturated heterocycles. The molecule has 2 aromatic rings. The van der Waals surface area contributed by atoms with Gasteiger partial charge in [-0.1, -0.05) is 30.3 Å². The molecule has 0 radical (unpaired) electrons. The van der Waals surface area contributed by atoms with Crippen molar-refractivity contribution in [3.63, 3.8) is 0 Å². The quantitative estimate of drug-likeness (QED) is 0.598. The highest BCUT2D eigenvalue weighted by atomic mass is 32.1. The van der Waals surface area contributed by atoms with Gasteiger partial charge in [0.15, 0.2) is 0 Å². The molecule has 0 spiro atoms. The van der Waals surface area contributed by atoms with Crippen molar-refractivity contribution in [3.05, 3.63) is 41.5 Å². The lowest BCUT2D eigenvalue weighted by Gasteiger charge is -2.07. The average molecular weight is 188 g/mol. The summed E-state index contributed by atoms with van der Waals surface area (Å²) in [5, 5.41) is 2.56. The molecule has 0 amide bonds. The van der Waals surface area contributed by atoms with Gasteiger partial charge in [0.25, 0.3) is 0 Å². The van der Waals surface area contributed by atoms with E-state index in [9.17, 15) is 0 Å². The van der Waals surface area contributed by atoms with Crippen LogP contribution in [0, 0.1) is 13.8 Å². The number of benzene rings is 2. The van der Waals surface area contributed by atoms with Crippen LogP contribution in [-0.2, 0) is 0 Å². The highest BCUT2D eigenvalue weighted by molar-refractivity contribution is 7.80. The molecule has 0 aromatic heterocycles. The van der Waals surface area contributed by atoms with Gasteiger partial charge in [-0.15, -0.1) is 12.6 Å². The largest absolute Gasteiger partial charge is 0.143 e. The molecular weight excluding hydrogens is 176 g/mol. The Bertz CT molecular complexity index is 458. The fourth-order valence-electron chi connectivity index (χ4n) is 1.72. The molecule has 0 N–H and O–H groups in total. The van der Waals surface area contributed by atoms with E-state index in [2.05, 4.69) is 56.8 Å². The first kappa shape index (κ1) is 8.64. The summed E-state index contributed by atoms with van der Waals surface area (Å²) in [4.78, 5) is 1.10.